The molecule has 0 saturated heterocycles. The van der Waals surface area contributed by atoms with Gasteiger partial charge in [0.2, 0.25) is 0 Å². The van der Waals surface area contributed by atoms with Crippen LogP contribution in [-0.2, 0) is 11.3 Å². The lowest BCUT2D eigenvalue weighted by Crippen LogP contribution is -2.05. The highest BCUT2D eigenvalue weighted by molar-refractivity contribution is 5.43. The molecule has 17 heavy (non-hydrogen) atoms. The summed E-state index contributed by atoms with van der Waals surface area (Å²) >= 11 is 0. The Morgan fingerprint density at radius 1 is 1.29 bits per heavy atom. The van der Waals surface area contributed by atoms with E-state index in [1.165, 1.54) is 12.8 Å². The van der Waals surface area contributed by atoms with Crippen molar-refractivity contribution in [1.29, 1.82) is 0 Å². The van der Waals surface area contributed by atoms with E-state index in [0.29, 0.717) is 6.61 Å². The second-order valence-electron chi connectivity index (χ2n) is 4.36. The number of hydrogen-bond donors (Lipinski definition) is 1. The van der Waals surface area contributed by atoms with Crippen molar-refractivity contribution in [2.75, 3.05) is 20.3 Å². The molecule has 0 unspecified atom stereocenters. The Labute approximate surface area is 102 Å². The van der Waals surface area contributed by atoms with Crippen molar-refractivity contribution in [1.82, 2.24) is 0 Å². The fraction of sp³-hybridized carbons (Fsp3) is 0.538. The largest absolute Gasteiger partial charge is 0.493 e. The Kier molecular flexibility index (Phi) is 4.23. The number of methoxy groups -OCH3 is 1. The van der Waals surface area contributed by atoms with Crippen LogP contribution in [0.2, 0.25) is 0 Å². The molecule has 94 valence electrons. The van der Waals surface area contributed by atoms with Crippen molar-refractivity contribution < 1.29 is 14.3 Å². The molecule has 1 saturated carbocycles. The quantitative estimate of drug-likeness (QED) is 0.736. The van der Waals surface area contributed by atoms with Crippen LogP contribution in [0.15, 0.2) is 18.2 Å². The van der Waals surface area contributed by atoms with Crippen molar-refractivity contribution in [3.63, 3.8) is 0 Å². The van der Waals surface area contributed by atoms with E-state index in [9.17, 15) is 0 Å². The van der Waals surface area contributed by atoms with Crippen molar-refractivity contribution in [2.24, 2.45) is 11.8 Å². The molecule has 2 rings (SSSR count). The van der Waals surface area contributed by atoms with Crippen molar-refractivity contribution in [3.8, 4) is 11.5 Å². The van der Waals surface area contributed by atoms with Crippen molar-refractivity contribution in [2.45, 2.75) is 19.3 Å². The molecule has 1 aliphatic carbocycles. The maximum atomic E-state index is 5.73. The number of benzene rings is 1. The first-order valence-electron chi connectivity index (χ1n) is 5.95. The molecular formula is C13H19NO3. The van der Waals surface area contributed by atoms with E-state index in [0.717, 1.165) is 36.0 Å². The van der Waals surface area contributed by atoms with E-state index >= 15 is 0 Å². The van der Waals surface area contributed by atoms with Gasteiger partial charge in [-0.15, -0.1) is 0 Å². The summed E-state index contributed by atoms with van der Waals surface area (Å²) in [5, 5.41) is 0. The van der Waals surface area contributed by atoms with Gasteiger partial charge in [-0.25, -0.2) is 5.90 Å². The average molecular weight is 237 g/mol. The standard InChI is InChI=1S/C13H19NO3/c1-15-13-8-10(6-7-17-14)4-5-12(13)16-9-11-2-3-11/h4-5,8,11H,2-3,6-7,9,14H2,1H3. The highest BCUT2D eigenvalue weighted by Gasteiger charge is 2.22. The first-order valence-corrected chi connectivity index (χ1v) is 5.95. The molecule has 2 N–H and O–H groups in total. The normalized spacial score (nSPS) is 14.7. The number of nitrogens with two attached hydrogens (primary N) is 1. The molecule has 4 nitrogen and oxygen atoms in total. The van der Waals surface area contributed by atoms with Crippen LogP contribution < -0.4 is 15.4 Å². The Morgan fingerprint density at radius 3 is 2.76 bits per heavy atom. The van der Waals surface area contributed by atoms with Crippen molar-refractivity contribution >= 4 is 0 Å². The van der Waals surface area contributed by atoms with Gasteiger partial charge >= 0.3 is 0 Å². The number of rotatable bonds is 7. The second kappa shape index (κ2) is 5.89. The molecule has 0 heterocycles. The van der Waals surface area contributed by atoms with Gasteiger partial charge in [0.05, 0.1) is 20.3 Å². The zero-order chi connectivity index (χ0) is 12.1. The van der Waals surface area contributed by atoms with Crippen LogP contribution in [0.4, 0.5) is 0 Å². The summed E-state index contributed by atoms with van der Waals surface area (Å²) < 4.78 is 11.1. The van der Waals surface area contributed by atoms with Gasteiger partial charge in [-0.2, -0.15) is 0 Å². The second-order valence-corrected chi connectivity index (χ2v) is 4.36. The van der Waals surface area contributed by atoms with E-state index in [4.69, 9.17) is 15.4 Å². The summed E-state index contributed by atoms with van der Waals surface area (Å²) in [5.41, 5.74) is 1.13. The average Bonchev–Trinajstić information content (AvgIpc) is 3.18. The summed E-state index contributed by atoms with van der Waals surface area (Å²) in [6, 6.07) is 5.94. The van der Waals surface area contributed by atoms with Gasteiger partial charge in [-0.3, -0.25) is 0 Å². The zero-order valence-electron chi connectivity index (χ0n) is 10.1. The monoisotopic (exact) mass is 237 g/mol. The summed E-state index contributed by atoms with van der Waals surface area (Å²) in [5.74, 6) is 7.34. The molecule has 1 aromatic rings. The predicted octanol–water partition coefficient (Wildman–Crippen LogP) is 1.92. The minimum atomic E-state index is 0.505. The molecule has 0 bridgehead atoms. The highest BCUT2D eigenvalue weighted by Crippen LogP contribution is 2.33. The summed E-state index contributed by atoms with van der Waals surface area (Å²) in [6.07, 6.45) is 3.35. The Morgan fingerprint density at radius 2 is 2.12 bits per heavy atom. The Bertz CT molecular complexity index is 364. The SMILES string of the molecule is COc1cc(CCON)ccc1OCC1CC1. The number of ether oxygens (including phenoxy) is 2. The van der Waals surface area contributed by atoms with E-state index in [2.05, 4.69) is 4.84 Å². The lowest BCUT2D eigenvalue weighted by Gasteiger charge is -2.11. The molecule has 0 aromatic heterocycles. The fourth-order valence-electron chi connectivity index (χ4n) is 1.66. The van der Waals surface area contributed by atoms with Gasteiger partial charge in [0, 0.05) is 0 Å². The zero-order valence-corrected chi connectivity index (χ0v) is 10.1. The third-order valence-corrected chi connectivity index (χ3v) is 2.91. The summed E-state index contributed by atoms with van der Waals surface area (Å²) in [6.45, 7) is 1.30. The van der Waals surface area contributed by atoms with Crippen LogP contribution in [-0.4, -0.2) is 20.3 Å². The fourth-order valence-corrected chi connectivity index (χ4v) is 1.66. The van der Waals surface area contributed by atoms with Crippen LogP contribution >= 0.6 is 0 Å². The van der Waals surface area contributed by atoms with Gasteiger partial charge < -0.3 is 14.3 Å². The Hall–Kier alpha value is -1.26. The van der Waals surface area contributed by atoms with Crippen LogP contribution in [0.25, 0.3) is 0 Å². The molecule has 1 aliphatic rings. The Balaban J connectivity index is 1.98. The third kappa shape index (κ3) is 3.61. The molecule has 1 fully saturated rings. The molecule has 0 aliphatic heterocycles. The first kappa shape index (κ1) is 12.2. The van der Waals surface area contributed by atoms with Crippen molar-refractivity contribution in [3.05, 3.63) is 23.8 Å². The van der Waals surface area contributed by atoms with Gasteiger partial charge in [0.15, 0.2) is 11.5 Å². The molecule has 0 amide bonds. The highest BCUT2D eigenvalue weighted by atomic mass is 16.6. The molecular weight excluding hydrogens is 218 g/mol. The van der Waals surface area contributed by atoms with Gasteiger partial charge in [0.25, 0.3) is 0 Å². The van der Waals surface area contributed by atoms with E-state index in [1.807, 2.05) is 18.2 Å². The van der Waals surface area contributed by atoms with Crippen LogP contribution in [0.1, 0.15) is 18.4 Å². The predicted molar refractivity (Wildman–Crippen MR) is 65.1 cm³/mol. The lowest BCUT2D eigenvalue weighted by atomic mass is 10.1. The number of hydrogen-bond acceptors (Lipinski definition) is 4. The topological polar surface area (TPSA) is 53.7 Å². The van der Waals surface area contributed by atoms with E-state index < -0.39 is 0 Å². The molecule has 0 spiro atoms. The molecule has 1 aromatic carbocycles. The third-order valence-electron chi connectivity index (χ3n) is 2.91. The molecule has 4 heteroatoms. The summed E-state index contributed by atoms with van der Waals surface area (Å²) in [7, 11) is 1.66. The minimum Gasteiger partial charge on any atom is -0.493 e. The summed E-state index contributed by atoms with van der Waals surface area (Å²) in [4.78, 5) is 4.56. The van der Waals surface area contributed by atoms with Gasteiger partial charge in [-0.1, -0.05) is 6.07 Å². The maximum Gasteiger partial charge on any atom is 0.161 e. The van der Waals surface area contributed by atoms with E-state index in [-0.39, 0.29) is 0 Å². The smallest absolute Gasteiger partial charge is 0.161 e. The van der Waals surface area contributed by atoms with Crippen LogP contribution in [0, 0.1) is 5.92 Å². The van der Waals surface area contributed by atoms with Gasteiger partial charge in [-0.05, 0) is 42.9 Å². The molecule has 0 radical (unpaired) electrons. The van der Waals surface area contributed by atoms with Gasteiger partial charge in [0.1, 0.15) is 0 Å². The lowest BCUT2D eigenvalue weighted by molar-refractivity contribution is 0.141. The van der Waals surface area contributed by atoms with E-state index in [1.54, 1.807) is 7.11 Å². The first-order chi connectivity index (χ1) is 8.33. The minimum absolute atomic E-state index is 0.505. The maximum absolute atomic E-state index is 5.73. The van der Waals surface area contributed by atoms with Crippen LogP contribution in [0.3, 0.4) is 0 Å². The molecule has 0 atom stereocenters. The van der Waals surface area contributed by atoms with Crippen LogP contribution in [0.5, 0.6) is 11.5 Å².